The molecule has 1 aromatic heterocycles. The van der Waals surface area contributed by atoms with Crippen molar-refractivity contribution in [2.75, 3.05) is 23.9 Å². The van der Waals surface area contributed by atoms with Gasteiger partial charge < -0.3 is 10.3 Å². The number of anilines is 2. The summed E-state index contributed by atoms with van der Waals surface area (Å²) in [4.78, 5) is 10.1. The molecule has 0 fully saturated rings. The van der Waals surface area contributed by atoms with Gasteiger partial charge in [0.2, 0.25) is 0 Å². The molecule has 1 aromatic rings. The summed E-state index contributed by atoms with van der Waals surface area (Å²) in [5, 5.41) is 0. The van der Waals surface area contributed by atoms with Gasteiger partial charge in [0.1, 0.15) is 18.0 Å². The van der Waals surface area contributed by atoms with Crippen LogP contribution in [0.5, 0.6) is 0 Å². The Bertz CT molecular complexity index is 262. The van der Waals surface area contributed by atoms with Gasteiger partial charge in [-0.05, 0) is 6.42 Å². The molecule has 0 aliphatic rings. The van der Waals surface area contributed by atoms with E-state index in [0.717, 1.165) is 18.8 Å². The van der Waals surface area contributed by atoms with Gasteiger partial charge in [-0.2, -0.15) is 0 Å². The van der Waals surface area contributed by atoms with E-state index in [-0.39, 0.29) is 0 Å². The Morgan fingerprint density at radius 1 is 1.54 bits per heavy atom. The first kappa shape index (κ1) is 9.73. The van der Waals surface area contributed by atoms with Crippen LogP contribution in [0.4, 0.5) is 11.6 Å². The lowest BCUT2D eigenvalue weighted by Crippen LogP contribution is -2.19. The van der Waals surface area contributed by atoms with Gasteiger partial charge in [-0.1, -0.05) is 6.92 Å². The van der Waals surface area contributed by atoms with Crippen molar-refractivity contribution in [2.24, 2.45) is 5.84 Å². The Kier molecular flexibility index (Phi) is 3.45. The molecular weight excluding hydrogens is 166 g/mol. The predicted molar refractivity (Wildman–Crippen MR) is 53.4 cm³/mol. The molecule has 5 heteroatoms. The van der Waals surface area contributed by atoms with E-state index in [1.54, 1.807) is 0 Å². The Morgan fingerprint density at radius 2 is 2.31 bits per heavy atom. The van der Waals surface area contributed by atoms with Gasteiger partial charge in [-0.3, -0.25) is 0 Å². The van der Waals surface area contributed by atoms with Crippen molar-refractivity contribution in [3.63, 3.8) is 0 Å². The highest BCUT2D eigenvalue weighted by molar-refractivity contribution is 5.46. The first-order valence-corrected chi connectivity index (χ1v) is 4.27. The van der Waals surface area contributed by atoms with Crippen LogP contribution in [0.2, 0.25) is 0 Å². The van der Waals surface area contributed by atoms with Gasteiger partial charge in [0.15, 0.2) is 0 Å². The zero-order valence-electron chi connectivity index (χ0n) is 7.99. The summed E-state index contributed by atoms with van der Waals surface area (Å²) in [5.74, 6) is 6.75. The zero-order chi connectivity index (χ0) is 9.68. The van der Waals surface area contributed by atoms with Crippen LogP contribution in [0.15, 0.2) is 12.4 Å². The average Bonchev–Trinajstić information content (AvgIpc) is 2.18. The topological polar surface area (TPSA) is 67.1 Å². The third-order valence-corrected chi connectivity index (χ3v) is 1.75. The minimum absolute atomic E-state index is 0.632. The molecule has 0 saturated heterocycles. The fourth-order valence-electron chi connectivity index (χ4n) is 1.08. The third-order valence-electron chi connectivity index (χ3n) is 1.75. The molecular formula is C8H15N5. The van der Waals surface area contributed by atoms with Crippen LogP contribution in [0.25, 0.3) is 0 Å². The van der Waals surface area contributed by atoms with Crippen LogP contribution < -0.4 is 16.2 Å². The molecule has 13 heavy (non-hydrogen) atoms. The lowest BCUT2D eigenvalue weighted by molar-refractivity contribution is 0.834. The fourth-order valence-corrected chi connectivity index (χ4v) is 1.08. The lowest BCUT2D eigenvalue weighted by atomic mass is 10.4. The van der Waals surface area contributed by atoms with E-state index in [4.69, 9.17) is 5.84 Å². The third kappa shape index (κ3) is 2.55. The number of aromatic nitrogens is 2. The Labute approximate surface area is 78.0 Å². The predicted octanol–water partition coefficient (Wildman–Crippen LogP) is 0.608. The first-order valence-electron chi connectivity index (χ1n) is 4.27. The number of hydrogen-bond acceptors (Lipinski definition) is 5. The van der Waals surface area contributed by atoms with E-state index in [2.05, 4.69) is 27.2 Å². The number of hydrazine groups is 1. The molecule has 0 unspecified atom stereocenters. The second-order valence-corrected chi connectivity index (χ2v) is 2.83. The summed E-state index contributed by atoms with van der Waals surface area (Å²) in [7, 11) is 1.99. The molecule has 1 rings (SSSR count). The number of nitrogens with one attached hydrogen (secondary N) is 1. The summed E-state index contributed by atoms with van der Waals surface area (Å²) in [6, 6.07) is 1.82. The molecule has 0 amide bonds. The normalized spacial score (nSPS) is 9.77. The van der Waals surface area contributed by atoms with Crippen molar-refractivity contribution in [2.45, 2.75) is 13.3 Å². The molecule has 72 valence electrons. The van der Waals surface area contributed by atoms with Crippen LogP contribution in [-0.2, 0) is 0 Å². The molecule has 0 saturated carbocycles. The molecule has 0 aromatic carbocycles. The van der Waals surface area contributed by atoms with Crippen LogP contribution in [0.3, 0.4) is 0 Å². The number of rotatable bonds is 4. The van der Waals surface area contributed by atoms with Crippen molar-refractivity contribution in [1.29, 1.82) is 0 Å². The van der Waals surface area contributed by atoms with Crippen LogP contribution >= 0.6 is 0 Å². The van der Waals surface area contributed by atoms with E-state index in [1.807, 2.05) is 13.1 Å². The van der Waals surface area contributed by atoms with E-state index in [9.17, 15) is 0 Å². The lowest BCUT2D eigenvalue weighted by Gasteiger charge is -2.16. The maximum atomic E-state index is 5.23. The molecule has 5 nitrogen and oxygen atoms in total. The minimum atomic E-state index is 0.632. The van der Waals surface area contributed by atoms with Gasteiger partial charge in [-0.25, -0.2) is 15.8 Å². The second kappa shape index (κ2) is 4.61. The number of hydrogen-bond donors (Lipinski definition) is 2. The standard InChI is InChI=1S/C8H15N5/c1-3-4-13(2)8-5-7(12-9)10-6-11-8/h5-6H,3-4,9H2,1-2H3,(H,10,11,12). The van der Waals surface area contributed by atoms with Crippen molar-refractivity contribution in [3.8, 4) is 0 Å². The van der Waals surface area contributed by atoms with E-state index in [0.29, 0.717) is 5.82 Å². The molecule has 3 N–H and O–H groups in total. The van der Waals surface area contributed by atoms with Crippen molar-refractivity contribution >= 4 is 11.6 Å². The number of nitrogens with two attached hydrogens (primary N) is 1. The van der Waals surface area contributed by atoms with E-state index >= 15 is 0 Å². The monoisotopic (exact) mass is 181 g/mol. The summed E-state index contributed by atoms with van der Waals surface area (Å²) in [5.41, 5.74) is 2.49. The van der Waals surface area contributed by atoms with Gasteiger partial charge in [0, 0.05) is 19.7 Å². The molecule has 1 heterocycles. The molecule has 0 atom stereocenters. The average molecular weight is 181 g/mol. The van der Waals surface area contributed by atoms with Gasteiger partial charge in [-0.15, -0.1) is 0 Å². The van der Waals surface area contributed by atoms with Crippen molar-refractivity contribution < 1.29 is 0 Å². The maximum absolute atomic E-state index is 5.23. The molecule has 0 aliphatic carbocycles. The number of nitrogen functional groups attached to an aromatic ring is 1. The number of nitrogens with zero attached hydrogens (tertiary/aromatic N) is 3. The molecule has 0 radical (unpaired) electrons. The highest BCUT2D eigenvalue weighted by Gasteiger charge is 2.01. The smallest absolute Gasteiger partial charge is 0.145 e. The van der Waals surface area contributed by atoms with Gasteiger partial charge >= 0.3 is 0 Å². The second-order valence-electron chi connectivity index (χ2n) is 2.83. The Hall–Kier alpha value is -1.36. The molecule has 0 spiro atoms. The summed E-state index contributed by atoms with van der Waals surface area (Å²) in [6.07, 6.45) is 2.59. The quantitative estimate of drug-likeness (QED) is 0.526. The Balaban J connectivity index is 2.75. The molecule has 0 aliphatic heterocycles. The van der Waals surface area contributed by atoms with Gasteiger partial charge in [0.25, 0.3) is 0 Å². The van der Waals surface area contributed by atoms with Crippen LogP contribution in [-0.4, -0.2) is 23.6 Å². The van der Waals surface area contributed by atoms with E-state index < -0.39 is 0 Å². The maximum Gasteiger partial charge on any atom is 0.145 e. The van der Waals surface area contributed by atoms with Crippen LogP contribution in [0.1, 0.15) is 13.3 Å². The van der Waals surface area contributed by atoms with Crippen molar-refractivity contribution in [1.82, 2.24) is 9.97 Å². The zero-order valence-corrected chi connectivity index (χ0v) is 7.99. The largest absolute Gasteiger partial charge is 0.360 e. The van der Waals surface area contributed by atoms with Crippen molar-refractivity contribution in [3.05, 3.63) is 12.4 Å². The minimum Gasteiger partial charge on any atom is -0.360 e. The highest BCUT2D eigenvalue weighted by atomic mass is 15.3. The highest BCUT2D eigenvalue weighted by Crippen LogP contribution is 2.11. The van der Waals surface area contributed by atoms with E-state index in [1.165, 1.54) is 6.33 Å². The van der Waals surface area contributed by atoms with Crippen LogP contribution in [0, 0.1) is 0 Å². The summed E-state index contributed by atoms with van der Waals surface area (Å²) in [6.45, 7) is 3.10. The SMILES string of the molecule is CCCN(C)c1cc(NN)ncn1. The summed E-state index contributed by atoms with van der Waals surface area (Å²) >= 11 is 0. The Morgan fingerprint density at radius 3 is 2.92 bits per heavy atom. The first-order chi connectivity index (χ1) is 6.27. The fraction of sp³-hybridized carbons (Fsp3) is 0.500. The summed E-state index contributed by atoms with van der Waals surface area (Å²) < 4.78 is 0. The molecule has 0 bridgehead atoms. The van der Waals surface area contributed by atoms with Gasteiger partial charge in [0.05, 0.1) is 0 Å².